The molecule has 0 bridgehead atoms. The van der Waals surface area contributed by atoms with E-state index in [1.165, 1.54) is 22.4 Å². The minimum atomic E-state index is 0.178. The zero-order valence-corrected chi connectivity index (χ0v) is 11.3. The molecule has 1 heterocycles. The third-order valence-corrected chi connectivity index (χ3v) is 4.83. The highest BCUT2D eigenvalue weighted by atomic mass is 32.1. The largest absolute Gasteiger partial charge is 0.288 e. The topological polar surface area (TPSA) is 17.1 Å². The Morgan fingerprint density at radius 1 is 1.22 bits per heavy atom. The maximum Gasteiger partial charge on any atom is 0.202 e. The van der Waals surface area contributed by atoms with E-state index in [9.17, 15) is 4.79 Å². The van der Waals surface area contributed by atoms with Crippen LogP contribution in [0, 0.1) is 0 Å². The summed E-state index contributed by atoms with van der Waals surface area (Å²) in [6.07, 6.45) is 4.57. The second-order valence-electron chi connectivity index (χ2n) is 4.79. The van der Waals surface area contributed by atoms with Crippen LogP contribution in [0.2, 0.25) is 0 Å². The van der Waals surface area contributed by atoms with Gasteiger partial charge in [-0.1, -0.05) is 31.2 Å². The normalized spacial score (nSPS) is 13.6. The van der Waals surface area contributed by atoms with Crippen molar-refractivity contribution in [1.82, 2.24) is 0 Å². The first-order chi connectivity index (χ1) is 8.78. The van der Waals surface area contributed by atoms with Gasteiger partial charge in [0.2, 0.25) is 5.78 Å². The van der Waals surface area contributed by atoms with Gasteiger partial charge in [0.25, 0.3) is 0 Å². The molecule has 1 aromatic carbocycles. The van der Waals surface area contributed by atoms with Crippen molar-refractivity contribution in [3.8, 4) is 0 Å². The minimum absolute atomic E-state index is 0.178. The fourth-order valence-corrected chi connectivity index (χ4v) is 3.69. The van der Waals surface area contributed by atoms with Crippen molar-refractivity contribution in [2.45, 2.75) is 32.6 Å². The Hall–Kier alpha value is -1.41. The van der Waals surface area contributed by atoms with Crippen molar-refractivity contribution in [2.24, 2.45) is 0 Å². The van der Waals surface area contributed by atoms with E-state index in [1.54, 1.807) is 11.3 Å². The number of aryl methyl sites for hydroxylation is 3. The van der Waals surface area contributed by atoms with E-state index in [-0.39, 0.29) is 5.78 Å². The highest BCUT2D eigenvalue weighted by Crippen LogP contribution is 2.31. The van der Waals surface area contributed by atoms with Crippen molar-refractivity contribution in [2.75, 3.05) is 0 Å². The Morgan fingerprint density at radius 2 is 2.00 bits per heavy atom. The number of fused-ring (bicyclic) bond motifs is 1. The SMILES string of the molecule is CCc1ccc(C(=O)c2cc3c(s2)CCC3)cc1. The Bertz CT molecular complexity index is 556. The van der Waals surface area contributed by atoms with Crippen LogP contribution in [0.15, 0.2) is 30.3 Å². The van der Waals surface area contributed by atoms with Gasteiger partial charge in [-0.15, -0.1) is 11.3 Å². The van der Waals surface area contributed by atoms with Gasteiger partial charge in [-0.25, -0.2) is 0 Å². The lowest BCUT2D eigenvalue weighted by atomic mass is 10.1. The van der Waals surface area contributed by atoms with Crippen LogP contribution in [0.3, 0.4) is 0 Å². The average Bonchev–Trinajstić information content (AvgIpc) is 2.99. The first kappa shape index (κ1) is 11.7. The molecule has 0 saturated heterocycles. The molecular formula is C16H16OS. The van der Waals surface area contributed by atoms with Gasteiger partial charge in [0, 0.05) is 10.4 Å². The van der Waals surface area contributed by atoms with E-state index in [0.29, 0.717) is 0 Å². The molecule has 2 aromatic rings. The maximum absolute atomic E-state index is 12.4. The predicted molar refractivity (Wildman–Crippen MR) is 75.6 cm³/mol. The third kappa shape index (κ3) is 2.01. The average molecular weight is 256 g/mol. The molecule has 1 nitrogen and oxygen atoms in total. The van der Waals surface area contributed by atoms with Crippen LogP contribution >= 0.6 is 11.3 Å². The molecule has 0 fully saturated rings. The Kier molecular flexibility index (Phi) is 3.04. The fraction of sp³-hybridized carbons (Fsp3) is 0.312. The number of rotatable bonds is 3. The molecule has 1 aliphatic rings. The lowest BCUT2D eigenvalue weighted by molar-refractivity contribution is 0.104. The summed E-state index contributed by atoms with van der Waals surface area (Å²) in [6.45, 7) is 2.13. The highest BCUT2D eigenvalue weighted by molar-refractivity contribution is 7.14. The van der Waals surface area contributed by atoms with Crippen LogP contribution in [0.5, 0.6) is 0 Å². The molecule has 0 spiro atoms. The molecule has 0 unspecified atom stereocenters. The molecule has 18 heavy (non-hydrogen) atoms. The summed E-state index contributed by atoms with van der Waals surface area (Å²) >= 11 is 1.69. The molecule has 1 aromatic heterocycles. The molecule has 0 radical (unpaired) electrons. The summed E-state index contributed by atoms with van der Waals surface area (Å²) in [5, 5.41) is 0. The molecule has 0 aliphatic heterocycles. The zero-order valence-electron chi connectivity index (χ0n) is 10.5. The van der Waals surface area contributed by atoms with Crippen molar-refractivity contribution in [3.05, 3.63) is 56.8 Å². The monoisotopic (exact) mass is 256 g/mol. The molecule has 3 rings (SSSR count). The van der Waals surface area contributed by atoms with Crippen LogP contribution < -0.4 is 0 Å². The second-order valence-corrected chi connectivity index (χ2v) is 5.93. The van der Waals surface area contributed by atoms with Crippen LogP contribution in [0.1, 0.15) is 44.6 Å². The van der Waals surface area contributed by atoms with Crippen molar-refractivity contribution in [1.29, 1.82) is 0 Å². The smallest absolute Gasteiger partial charge is 0.202 e. The maximum atomic E-state index is 12.4. The van der Waals surface area contributed by atoms with E-state index >= 15 is 0 Å². The molecule has 0 atom stereocenters. The number of carbonyl (C=O) groups excluding carboxylic acids is 1. The Balaban J connectivity index is 1.88. The summed E-state index contributed by atoms with van der Waals surface area (Å²) in [7, 11) is 0. The van der Waals surface area contributed by atoms with Crippen molar-refractivity contribution < 1.29 is 4.79 Å². The number of benzene rings is 1. The van der Waals surface area contributed by atoms with E-state index in [0.717, 1.165) is 29.7 Å². The first-order valence-electron chi connectivity index (χ1n) is 6.53. The lowest BCUT2D eigenvalue weighted by Gasteiger charge is -2.00. The number of ketones is 1. The van der Waals surface area contributed by atoms with E-state index < -0.39 is 0 Å². The van der Waals surface area contributed by atoms with Crippen LogP contribution in [0.4, 0.5) is 0 Å². The van der Waals surface area contributed by atoms with E-state index in [2.05, 4.69) is 25.1 Å². The molecule has 0 N–H and O–H groups in total. The van der Waals surface area contributed by atoms with Gasteiger partial charge in [-0.05, 0) is 42.9 Å². The Labute approximate surface area is 111 Å². The van der Waals surface area contributed by atoms with Crippen LogP contribution in [0.25, 0.3) is 0 Å². The zero-order chi connectivity index (χ0) is 12.5. The molecule has 1 aliphatic carbocycles. The first-order valence-corrected chi connectivity index (χ1v) is 7.35. The summed E-state index contributed by atoms with van der Waals surface area (Å²) in [5.74, 6) is 0.178. The predicted octanol–water partition coefficient (Wildman–Crippen LogP) is 4.03. The highest BCUT2D eigenvalue weighted by Gasteiger charge is 2.19. The lowest BCUT2D eigenvalue weighted by Crippen LogP contribution is -1.98. The third-order valence-electron chi connectivity index (χ3n) is 3.59. The standard InChI is InChI=1S/C16H16OS/c1-2-11-6-8-12(9-7-11)16(17)15-10-13-4-3-5-14(13)18-15/h6-10H,2-5H2,1H3. The summed E-state index contributed by atoms with van der Waals surface area (Å²) in [4.78, 5) is 14.7. The van der Waals surface area contributed by atoms with Crippen LogP contribution in [-0.4, -0.2) is 5.78 Å². The number of thiophene rings is 1. The van der Waals surface area contributed by atoms with E-state index in [1.807, 2.05) is 12.1 Å². The van der Waals surface area contributed by atoms with Crippen molar-refractivity contribution in [3.63, 3.8) is 0 Å². The van der Waals surface area contributed by atoms with Gasteiger partial charge in [0.15, 0.2) is 0 Å². The van der Waals surface area contributed by atoms with Gasteiger partial charge in [0.05, 0.1) is 4.88 Å². The molecule has 0 amide bonds. The summed E-state index contributed by atoms with van der Waals surface area (Å²) < 4.78 is 0. The minimum Gasteiger partial charge on any atom is -0.288 e. The van der Waals surface area contributed by atoms with Gasteiger partial charge in [-0.2, -0.15) is 0 Å². The molecule has 0 saturated carbocycles. The van der Waals surface area contributed by atoms with Crippen LogP contribution in [-0.2, 0) is 19.3 Å². The van der Waals surface area contributed by atoms with E-state index in [4.69, 9.17) is 0 Å². The molecule has 2 heteroatoms. The summed E-state index contributed by atoms with van der Waals surface area (Å²) in [6, 6.07) is 10.1. The van der Waals surface area contributed by atoms with Gasteiger partial charge >= 0.3 is 0 Å². The number of hydrogen-bond donors (Lipinski definition) is 0. The molecular weight excluding hydrogens is 240 g/mol. The number of hydrogen-bond acceptors (Lipinski definition) is 2. The van der Waals surface area contributed by atoms with Gasteiger partial charge < -0.3 is 0 Å². The number of carbonyl (C=O) groups is 1. The Morgan fingerprint density at radius 3 is 2.67 bits per heavy atom. The van der Waals surface area contributed by atoms with Gasteiger partial charge in [0.1, 0.15) is 0 Å². The molecule has 92 valence electrons. The second kappa shape index (κ2) is 4.69. The quantitative estimate of drug-likeness (QED) is 0.758. The fourth-order valence-electron chi connectivity index (χ4n) is 2.48. The van der Waals surface area contributed by atoms with Crippen molar-refractivity contribution >= 4 is 17.1 Å². The van der Waals surface area contributed by atoms with Gasteiger partial charge in [-0.3, -0.25) is 4.79 Å². The summed E-state index contributed by atoms with van der Waals surface area (Å²) in [5.41, 5.74) is 3.49.